The second-order valence-electron chi connectivity index (χ2n) is 5.82. The van der Waals surface area contributed by atoms with Crippen molar-refractivity contribution in [2.45, 2.75) is 6.92 Å². The van der Waals surface area contributed by atoms with Crippen LogP contribution in [0.5, 0.6) is 0 Å². The molecule has 0 spiro atoms. The largest absolute Gasteiger partial charge is 0.335 e. The molecule has 1 aromatic rings. The SMILES string of the molecule is CCN1C(c2ccc(Cl)cc2Cl)=CS/C1=C(/C#N)C(=O)N1CCNCC1. The van der Waals surface area contributed by atoms with Crippen LogP contribution in [-0.2, 0) is 4.79 Å². The molecule has 0 aliphatic carbocycles. The number of piperazine rings is 1. The molecule has 1 saturated heterocycles. The minimum atomic E-state index is -0.216. The van der Waals surface area contributed by atoms with E-state index < -0.39 is 0 Å². The number of rotatable bonds is 3. The van der Waals surface area contributed by atoms with Crippen molar-refractivity contribution in [2.24, 2.45) is 0 Å². The topological polar surface area (TPSA) is 59.4 Å². The lowest BCUT2D eigenvalue weighted by atomic mass is 10.1. The molecule has 0 unspecified atom stereocenters. The first-order valence-corrected chi connectivity index (χ1v) is 9.94. The summed E-state index contributed by atoms with van der Waals surface area (Å²) < 4.78 is 0. The van der Waals surface area contributed by atoms with Gasteiger partial charge in [0.1, 0.15) is 16.7 Å². The van der Waals surface area contributed by atoms with Crippen molar-refractivity contribution in [1.82, 2.24) is 15.1 Å². The van der Waals surface area contributed by atoms with Crippen LogP contribution in [0.2, 0.25) is 10.0 Å². The molecule has 0 radical (unpaired) electrons. The minimum absolute atomic E-state index is 0.176. The highest BCUT2D eigenvalue weighted by atomic mass is 35.5. The van der Waals surface area contributed by atoms with Crippen molar-refractivity contribution < 1.29 is 4.79 Å². The summed E-state index contributed by atoms with van der Waals surface area (Å²) >= 11 is 13.7. The monoisotopic (exact) mass is 408 g/mol. The van der Waals surface area contributed by atoms with Crippen molar-refractivity contribution in [3.8, 4) is 6.07 Å². The van der Waals surface area contributed by atoms with E-state index in [9.17, 15) is 10.1 Å². The Bertz CT molecular complexity index is 825. The highest BCUT2D eigenvalue weighted by molar-refractivity contribution is 8.06. The smallest absolute Gasteiger partial charge is 0.267 e. The normalized spacial score (nSPS) is 19.2. The molecule has 0 saturated carbocycles. The zero-order chi connectivity index (χ0) is 18.7. The van der Waals surface area contributed by atoms with Gasteiger partial charge in [0.25, 0.3) is 5.91 Å². The van der Waals surface area contributed by atoms with Crippen molar-refractivity contribution in [2.75, 3.05) is 32.7 Å². The van der Waals surface area contributed by atoms with Gasteiger partial charge >= 0.3 is 0 Å². The third kappa shape index (κ3) is 3.72. The van der Waals surface area contributed by atoms with E-state index in [4.69, 9.17) is 23.2 Å². The summed E-state index contributed by atoms with van der Waals surface area (Å²) in [6.07, 6.45) is 0. The number of amides is 1. The molecule has 1 N–H and O–H groups in total. The number of nitriles is 1. The van der Waals surface area contributed by atoms with E-state index in [0.29, 0.717) is 34.7 Å². The van der Waals surface area contributed by atoms with Gasteiger partial charge in [0.05, 0.1) is 10.7 Å². The Kier molecular flexibility index (Phi) is 6.15. The Morgan fingerprint density at radius 3 is 2.69 bits per heavy atom. The maximum Gasteiger partial charge on any atom is 0.267 e. The second-order valence-corrected chi connectivity index (χ2v) is 7.53. The lowest BCUT2D eigenvalue weighted by Gasteiger charge is -2.29. The van der Waals surface area contributed by atoms with Crippen LogP contribution in [0.3, 0.4) is 0 Å². The maximum absolute atomic E-state index is 12.8. The first kappa shape index (κ1) is 19.1. The fraction of sp³-hybridized carbons (Fsp3) is 0.333. The number of carbonyl (C=O) groups excluding carboxylic acids is 1. The van der Waals surface area contributed by atoms with Crippen LogP contribution >= 0.6 is 35.0 Å². The molecule has 0 atom stereocenters. The Morgan fingerprint density at radius 2 is 2.08 bits per heavy atom. The number of halogens is 2. The third-order valence-corrected chi connectivity index (χ3v) is 5.82. The van der Waals surface area contributed by atoms with E-state index in [1.165, 1.54) is 11.8 Å². The van der Waals surface area contributed by atoms with Crippen molar-refractivity contribution in [3.63, 3.8) is 0 Å². The van der Waals surface area contributed by atoms with Crippen LogP contribution in [0.1, 0.15) is 12.5 Å². The lowest BCUT2D eigenvalue weighted by molar-refractivity contribution is -0.127. The molecule has 0 aromatic heterocycles. The van der Waals surface area contributed by atoms with Gasteiger partial charge in [-0.15, -0.1) is 0 Å². The molecule has 3 rings (SSSR count). The first-order valence-electron chi connectivity index (χ1n) is 8.31. The molecule has 1 fully saturated rings. The van der Waals surface area contributed by atoms with Crippen molar-refractivity contribution >= 4 is 46.6 Å². The first-order chi connectivity index (χ1) is 12.6. The number of hydrogen-bond acceptors (Lipinski definition) is 5. The molecule has 2 aliphatic heterocycles. The van der Waals surface area contributed by atoms with Gasteiger partial charge in [-0.1, -0.05) is 35.0 Å². The maximum atomic E-state index is 12.8. The number of benzene rings is 1. The number of thioether (sulfide) groups is 1. The fourth-order valence-corrected chi connectivity index (χ4v) is 4.56. The predicted octanol–water partition coefficient (Wildman–Crippen LogP) is 3.53. The van der Waals surface area contributed by atoms with Crippen LogP contribution in [0.4, 0.5) is 0 Å². The van der Waals surface area contributed by atoms with E-state index in [2.05, 4.69) is 11.4 Å². The van der Waals surface area contributed by atoms with E-state index in [1.54, 1.807) is 17.0 Å². The summed E-state index contributed by atoms with van der Waals surface area (Å²) in [6.45, 7) is 5.30. The molecule has 1 aromatic carbocycles. The van der Waals surface area contributed by atoms with Crippen LogP contribution < -0.4 is 5.32 Å². The quantitative estimate of drug-likeness (QED) is 0.612. The molecule has 136 valence electrons. The predicted molar refractivity (Wildman–Crippen MR) is 106 cm³/mol. The molecule has 1 amide bonds. The van der Waals surface area contributed by atoms with Gasteiger partial charge in [0.2, 0.25) is 0 Å². The Labute approximate surface area is 167 Å². The Morgan fingerprint density at radius 1 is 1.35 bits per heavy atom. The van der Waals surface area contributed by atoms with Gasteiger partial charge in [-0.2, -0.15) is 5.26 Å². The van der Waals surface area contributed by atoms with Crippen LogP contribution in [0.25, 0.3) is 5.70 Å². The Hall–Kier alpha value is -1.65. The van der Waals surface area contributed by atoms with Gasteiger partial charge in [-0.25, -0.2) is 0 Å². The van der Waals surface area contributed by atoms with Gasteiger partial charge in [0, 0.05) is 48.7 Å². The lowest BCUT2D eigenvalue weighted by Crippen LogP contribution is -2.47. The molecule has 2 heterocycles. The van der Waals surface area contributed by atoms with Crippen LogP contribution in [-0.4, -0.2) is 48.4 Å². The summed E-state index contributed by atoms with van der Waals surface area (Å²) in [6, 6.07) is 7.44. The molecule has 2 aliphatic rings. The van der Waals surface area contributed by atoms with Gasteiger partial charge < -0.3 is 15.1 Å². The number of hydrogen-bond donors (Lipinski definition) is 1. The Balaban J connectivity index is 1.94. The second kappa shape index (κ2) is 8.36. The number of nitrogens with one attached hydrogen (secondary N) is 1. The van der Waals surface area contributed by atoms with Crippen molar-refractivity contribution in [1.29, 1.82) is 5.26 Å². The highest BCUT2D eigenvalue weighted by Gasteiger charge is 2.30. The standard InChI is InChI=1S/C18H18Cl2N4OS/c1-2-24-16(13-4-3-12(19)9-15(13)20)11-26-18(24)14(10-21)17(25)23-7-5-22-6-8-23/h3-4,9,11,22H,2,5-8H2,1H3/b18-14-. The average Bonchev–Trinajstić information content (AvgIpc) is 3.06. The van der Waals surface area contributed by atoms with Crippen LogP contribution in [0, 0.1) is 11.3 Å². The highest BCUT2D eigenvalue weighted by Crippen LogP contribution is 2.43. The van der Waals surface area contributed by atoms with E-state index in [1.807, 2.05) is 23.3 Å². The molecule has 0 bridgehead atoms. The zero-order valence-corrected chi connectivity index (χ0v) is 16.6. The van der Waals surface area contributed by atoms with Gasteiger partial charge in [-0.3, -0.25) is 4.79 Å². The zero-order valence-electron chi connectivity index (χ0n) is 14.3. The number of carbonyl (C=O) groups is 1. The number of nitrogens with zero attached hydrogens (tertiary/aromatic N) is 3. The average molecular weight is 409 g/mol. The van der Waals surface area contributed by atoms with Gasteiger partial charge in [-0.05, 0) is 25.1 Å². The molecule has 5 nitrogen and oxygen atoms in total. The molecule has 8 heteroatoms. The summed E-state index contributed by atoms with van der Waals surface area (Å²) in [4.78, 5) is 16.5. The molecular weight excluding hydrogens is 391 g/mol. The third-order valence-electron chi connectivity index (χ3n) is 4.29. The summed E-state index contributed by atoms with van der Waals surface area (Å²) in [5, 5.41) is 16.6. The molecular formula is C18H18Cl2N4OS. The van der Waals surface area contributed by atoms with E-state index in [0.717, 1.165) is 24.4 Å². The van der Waals surface area contributed by atoms with E-state index in [-0.39, 0.29) is 11.5 Å². The fourth-order valence-electron chi connectivity index (χ4n) is 2.98. The summed E-state index contributed by atoms with van der Waals surface area (Å²) in [5.41, 5.74) is 1.87. The summed E-state index contributed by atoms with van der Waals surface area (Å²) in [7, 11) is 0. The minimum Gasteiger partial charge on any atom is -0.335 e. The van der Waals surface area contributed by atoms with Crippen LogP contribution in [0.15, 0.2) is 34.2 Å². The molecule has 26 heavy (non-hydrogen) atoms. The van der Waals surface area contributed by atoms with Crippen molar-refractivity contribution in [3.05, 3.63) is 49.8 Å². The van der Waals surface area contributed by atoms with Gasteiger partial charge in [0.15, 0.2) is 0 Å². The van der Waals surface area contributed by atoms with E-state index >= 15 is 0 Å². The summed E-state index contributed by atoms with van der Waals surface area (Å²) in [5.74, 6) is -0.216.